The maximum absolute atomic E-state index is 5.79. The molecule has 3 nitrogen and oxygen atoms in total. The summed E-state index contributed by atoms with van der Waals surface area (Å²) in [5.41, 5.74) is 1.88. The maximum atomic E-state index is 5.79. The van der Waals surface area contributed by atoms with Gasteiger partial charge in [-0.2, -0.15) is 0 Å². The average Bonchev–Trinajstić information content (AvgIpc) is 2.30. The second-order valence-corrected chi connectivity index (χ2v) is 3.61. The molecule has 0 saturated carbocycles. The highest BCUT2D eigenvalue weighted by Gasteiger charge is 1.96. The van der Waals surface area contributed by atoms with E-state index in [1.54, 1.807) is 19.4 Å². The predicted octanol–water partition coefficient (Wildman–Crippen LogP) is 3.49. The van der Waals surface area contributed by atoms with E-state index in [1.165, 1.54) is 0 Å². The number of anilines is 2. The van der Waals surface area contributed by atoms with Crippen molar-refractivity contribution in [3.05, 3.63) is 47.7 Å². The molecule has 0 radical (unpaired) electrons. The van der Waals surface area contributed by atoms with Crippen molar-refractivity contribution < 1.29 is 4.74 Å². The molecule has 0 bridgehead atoms. The summed E-state index contributed by atoms with van der Waals surface area (Å²) in [6.45, 7) is 0. The lowest BCUT2D eigenvalue weighted by molar-refractivity contribution is 0.415. The fraction of sp³-hybridized carbons (Fsp3) is 0.0833. The van der Waals surface area contributed by atoms with Gasteiger partial charge in [-0.25, -0.2) is 4.98 Å². The minimum atomic E-state index is 0.471. The molecule has 0 aliphatic rings. The minimum Gasteiger partial charge on any atom is -0.497 e. The molecule has 1 heterocycles. The van der Waals surface area contributed by atoms with E-state index in [0.29, 0.717) is 5.15 Å². The van der Waals surface area contributed by atoms with E-state index in [4.69, 9.17) is 16.3 Å². The minimum absolute atomic E-state index is 0.471. The van der Waals surface area contributed by atoms with Crippen molar-refractivity contribution in [1.82, 2.24) is 4.98 Å². The van der Waals surface area contributed by atoms with Gasteiger partial charge in [0.15, 0.2) is 0 Å². The molecular weight excluding hydrogens is 224 g/mol. The Balaban J connectivity index is 2.14. The molecule has 0 spiro atoms. The number of hydrogen-bond acceptors (Lipinski definition) is 3. The lowest BCUT2D eigenvalue weighted by Crippen LogP contribution is -1.91. The third kappa shape index (κ3) is 2.64. The summed E-state index contributed by atoms with van der Waals surface area (Å²) in [5, 5.41) is 3.69. The normalized spacial score (nSPS) is 9.88. The number of hydrogen-bond donors (Lipinski definition) is 1. The number of benzene rings is 1. The van der Waals surface area contributed by atoms with Crippen LogP contribution < -0.4 is 10.1 Å². The van der Waals surface area contributed by atoms with Crippen molar-refractivity contribution in [2.24, 2.45) is 0 Å². The van der Waals surface area contributed by atoms with Gasteiger partial charge in [0.25, 0.3) is 0 Å². The largest absolute Gasteiger partial charge is 0.497 e. The Morgan fingerprint density at radius 2 is 1.88 bits per heavy atom. The zero-order valence-corrected chi connectivity index (χ0v) is 9.53. The number of nitrogens with one attached hydrogen (secondary N) is 1. The van der Waals surface area contributed by atoms with Crippen LogP contribution in [0.15, 0.2) is 42.6 Å². The lowest BCUT2D eigenvalue weighted by Gasteiger charge is -2.07. The lowest BCUT2D eigenvalue weighted by atomic mass is 10.3. The van der Waals surface area contributed by atoms with Gasteiger partial charge in [0, 0.05) is 17.6 Å². The Morgan fingerprint density at radius 3 is 2.50 bits per heavy atom. The van der Waals surface area contributed by atoms with E-state index < -0.39 is 0 Å². The summed E-state index contributed by atoms with van der Waals surface area (Å²) in [4.78, 5) is 3.91. The summed E-state index contributed by atoms with van der Waals surface area (Å²) >= 11 is 5.79. The highest BCUT2D eigenvalue weighted by molar-refractivity contribution is 6.29. The van der Waals surface area contributed by atoms with Gasteiger partial charge in [-0.05, 0) is 36.4 Å². The number of nitrogens with zero attached hydrogens (tertiary/aromatic N) is 1. The molecule has 16 heavy (non-hydrogen) atoms. The van der Waals surface area contributed by atoms with Crippen LogP contribution in [0.5, 0.6) is 5.75 Å². The molecule has 0 atom stereocenters. The van der Waals surface area contributed by atoms with E-state index in [2.05, 4.69) is 10.3 Å². The zero-order chi connectivity index (χ0) is 11.4. The Bertz CT molecular complexity index is 471. The number of pyridine rings is 1. The van der Waals surface area contributed by atoms with Gasteiger partial charge in [0.2, 0.25) is 0 Å². The van der Waals surface area contributed by atoms with Crippen LogP contribution >= 0.6 is 11.6 Å². The molecule has 0 saturated heterocycles. The van der Waals surface area contributed by atoms with E-state index in [0.717, 1.165) is 17.1 Å². The second-order valence-electron chi connectivity index (χ2n) is 3.22. The fourth-order valence-corrected chi connectivity index (χ4v) is 1.50. The van der Waals surface area contributed by atoms with Gasteiger partial charge in [-0.1, -0.05) is 11.6 Å². The number of aromatic nitrogens is 1. The molecular formula is C12H11ClN2O. The number of methoxy groups -OCH3 is 1. The number of halogens is 1. The van der Waals surface area contributed by atoms with E-state index in [-0.39, 0.29) is 0 Å². The van der Waals surface area contributed by atoms with Gasteiger partial charge in [-0.3, -0.25) is 0 Å². The maximum Gasteiger partial charge on any atom is 0.131 e. The Kier molecular flexibility index (Phi) is 3.27. The van der Waals surface area contributed by atoms with Crippen LogP contribution in [0.3, 0.4) is 0 Å². The van der Waals surface area contributed by atoms with Crippen molar-refractivity contribution in [2.45, 2.75) is 0 Å². The molecule has 0 amide bonds. The van der Waals surface area contributed by atoms with E-state index >= 15 is 0 Å². The summed E-state index contributed by atoms with van der Waals surface area (Å²) in [6.07, 6.45) is 1.66. The molecule has 0 aliphatic heterocycles. The third-order valence-corrected chi connectivity index (χ3v) is 2.31. The van der Waals surface area contributed by atoms with Crippen LogP contribution in [0.4, 0.5) is 11.4 Å². The predicted molar refractivity (Wildman–Crippen MR) is 65.5 cm³/mol. The standard InChI is InChI=1S/C12H11ClN2O/c1-16-11-4-2-9(3-5-11)15-10-6-7-14-12(13)8-10/h2-8H,1H3,(H,14,15). The number of rotatable bonds is 3. The Labute approximate surface area is 99.0 Å². The van der Waals surface area contributed by atoms with Crippen molar-refractivity contribution in [1.29, 1.82) is 0 Å². The van der Waals surface area contributed by atoms with Crippen molar-refractivity contribution in [3.63, 3.8) is 0 Å². The first-order valence-electron chi connectivity index (χ1n) is 4.80. The molecule has 2 rings (SSSR count). The molecule has 1 N–H and O–H groups in total. The molecule has 1 aromatic heterocycles. The Morgan fingerprint density at radius 1 is 1.12 bits per heavy atom. The average molecular weight is 235 g/mol. The van der Waals surface area contributed by atoms with Gasteiger partial charge in [0.1, 0.15) is 10.9 Å². The third-order valence-electron chi connectivity index (χ3n) is 2.11. The molecule has 82 valence electrons. The highest BCUT2D eigenvalue weighted by atomic mass is 35.5. The fourth-order valence-electron chi connectivity index (χ4n) is 1.32. The highest BCUT2D eigenvalue weighted by Crippen LogP contribution is 2.20. The second kappa shape index (κ2) is 4.86. The van der Waals surface area contributed by atoms with Crippen molar-refractivity contribution >= 4 is 23.0 Å². The SMILES string of the molecule is COc1ccc(Nc2ccnc(Cl)c2)cc1. The molecule has 0 fully saturated rings. The summed E-state index contributed by atoms with van der Waals surface area (Å²) in [5.74, 6) is 0.832. The molecule has 0 unspecified atom stereocenters. The first-order valence-corrected chi connectivity index (χ1v) is 5.18. The van der Waals surface area contributed by atoms with Gasteiger partial charge < -0.3 is 10.1 Å². The summed E-state index contributed by atoms with van der Waals surface area (Å²) in [7, 11) is 1.64. The molecule has 1 aromatic carbocycles. The topological polar surface area (TPSA) is 34.1 Å². The van der Waals surface area contributed by atoms with Gasteiger partial charge in [-0.15, -0.1) is 0 Å². The van der Waals surface area contributed by atoms with Crippen LogP contribution in [0, 0.1) is 0 Å². The van der Waals surface area contributed by atoms with Crippen molar-refractivity contribution in [2.75, 3.05) is 12.4 Å². The van der Waals surface area contributed by atoms with E-state index in [1.807, 2.05) is 30.3 Å². The van der Waals surface area contributed by atoms with Crippen LogP contribution in [0.25, 0.3) is 0 Å². The van der Waals surface area contributed by atoms with Gasteiger partial charge >= 0.3 is 0 Å². The molecule has 2 aromatic rings. The van der Waals surface area contributed by atoms with Crippen LogP contribution in [-0.4, -0.2) is 12.1 Å². The first-order chi connectivity index (χ1) is 7.78. The monoisotopic (exact) mass is 234 g/mol. The number of ether oxygens (including phenoxy) is 1. The zero-order valence-electron chi connectivity index (χ0n) is 8.77. The smallest absolute Gasteiger partial charge is 0.131 e. The van der Waals surface area contributed by atoms with E-state index in [9.17, 15) is 0 Å². The van der Waals surface area contributed by atoms with Crippen LogP contribution in [0.1, 0.15) is 0 Å². The molecule has 4 heteroatoms. The first kappa shape index (κ1) is 10.8. The van der Waals surface area contributed by atoms with Gasteiger partial charge in [0.05, 0.1) is 7.11 Å². The Hall–Kier alpha value is -1.74. The quantitative estimate of drug-likeness (QED) is 0.826. The van der Waals surface area contributed by atoms with Crippen LogP contribution in [-0.2, 0) is 0 Å². The summed E-state index contributed by atoms with van der Waals surface area (Å²) < 4.78 is 5.08. The summed E-state index contributed by atoms with van der Waals surface area (Å²) in [6, 6.07) is 11.3. The van der Waals surface area contributed by atoms with Crippen LogP contribution in [0.2, 0.25) is 5.15 Å². The van der Waals surface area contributed by atoms with Crippen molar-refractivity contribution in [3.8, 4) is 5.75 Å². The molecule has 0 aliphatic carbocycles.